The van der Waals surface area contributed by atoms with Crippen LogP contribution in [0.1, 0.15) is 28.7 Å². The van der Waals surface area contributed by atoms with Crippen LogP contribution in [0.2, 0.25) is 0 Å². The summed E-state index contributed by atoms with van der Waals surface area (Å²) in [7, 11) is 1.11. The van der Waals surface area contributed by atoms with E-state index in [0.717, 1.165) is 7.11 Å². The number of rotatable bonds is 2. The summed E-state index contributed by atoms with van der Waals surface area (Å²) in [4.78, 5) is 14.6. The Balaban J connectivity index is 3.27. The van der Waals surface area contributed by atoms with Gasteiger partial charge < -0.3 is 4.74 Å². The Labute approximate surface area is 90.2 Å². The summed E-state index contributed by atoms with van der Waals surface area (Å²) in [5.41, 5.74) is -1.01. The second kappa shape index (κ2) is 4.51. The van der Waals surface area contributed by atoms with Gasteiger partial charge in [-0.2, -0.15) is 13.2 Å². The predicted octanol–water partition coefficient (Wildman–Crippen LogP) is 2.45. The maximum atomic E-state index is 12.4. The number of methoxy groups -OCH3 is 1. The molecule has 1 aromatic heterocycles. The number of ether oxygens (including phenoxy) is 1. The average Bonchev–Trinajstić information content (AvgIpc) is 2.26. The number of hydrogen-bond donors (Lipinski definition) is 0. The summed E-state index contributed by atoms with van der Waals surface area (Å²) in [5.74, 6) is -0.803. The van der Waals surface area contributed by atoms with Gasteiger partial charge in [0.15, 0.2) is 0 Å². The Kier molecular flexibility index (Phi) is 3.51. The lowest BCUT2D eigenvalue weighted by Crippen LogP contribution is -2.12. The van der Waals surface area contributed by atoms with E-state index >= 15 is 0 Å². The van der Waals surface area contributed by atoms with Gasteiger partial charge in [0, 0.05) is 5.69 Å². The molecule has 88 valence electrons. The van der Waals surface area contributed by atoms with Crippen LogP contribution < -0.4 is 0 Å². The third kappa shape index (κ3) is 2.71. The molecule has 1 heterocycles. The highest BCUT2D eigenvalue weighted by molar-refractivity contribution is 5.89. The molecule has 0 aliphatic heterocycles. The van der Waals surface area contributed by atoms with E-state index in [1.165, 1.54) is 6.07 Å². The molecule has 0 N–H and O–H groups in total. The number of aryl methyl sites for hydroxylation is 1. The maximum absolute atomic E-state index is 12.4. The standard InChI is InChI=1S/C10H10F3NO2/c1-3-7-4-6(9(15)16-2)5-8(14-7)10(11,12)13/h4-5H,3H2,1-2H3. The van der Waals surface area contributed by atoms with Crippen molar-refractivity contribution in [3.8, 4) is 0 Å². The van der Waals surface area contributed by atoms with Gasteiger partial charge in [-0.1, -0.05) is 6.92 Å². The van der Waals surface area contributed by atoms with E-state index in [1.54, 1.807) is 6.92 Å². The molecule has 1 aromatic rings. The highest BCUT2D eigenvalue weighted by Gasteiger charge is 2.33. The zero-order chi connectivity index (χ0) is 12.3. The molecule has 0 spiro atoms. The fourth-order valence-corrected chi connectivity index (χ4v) is 1.15. The van der Waals surface area contributed by atoms with E-state index in [2.05, 4.69) is 9.72 Å². The lowest BCUT2D eigenvalue weighted by molar-refractivity contribution is -0.141. The Bertz CT molecular complexity index is 402. The van der Waals surface area contributed by atoms with Gasteiger partial charge in [-0.15, -0.1) is 0 Å². The number of hydrogen-bond acceptors (Lipinski definition) is 3. The molecule has 0 unspecified atom stereocenters. The molecule has 0 atom stereocenters. The fourth-order valence-electron chi connectivity index (χ4n) is 1.15. The number of alkyl halides is 3. The van der Waals surface area contributed by atoms with Crippen molar-refractivity contribution in [1.82, 2.24) is 4.98 Å². The first-order valence-electron chi connectivity index (χ1n) is 4.55. The third-order valence-electron chi connectivity index (χ3n) is 1.95. The second-order valence-corrected chi connectivity index (χ2v) is 3.08. The van der Waals surface area contributed by atoms with Crippen molar-refractivity contribution in [3.05, 3.63) is 29.1 Å². The van der Waals surface area contributed by atoms with Crippen molar-refractivity contribution in [2.45, 2.75) is 19.5 Å². The summed E-state index contributed by atoms with van der Waals surface area (Å²) in [6.07, 6.45) is -4.25. The first kappa shape index (κ1) is 12.5. The molecule has 16 heavy (non-hydrogen) atoms. The molecule has 3 nitrogen and oxygen atoms in total. The molecule has 0 bridgehead atoms. The van der Waals surface area contributed by atoms with Gasteiger partial charge in [-0.05, 0) is 18.6 Å². The van der Waals surface area contributed by atoms with Gasteiger partial charge in [0.25, 0.3) is 0 Å². The number of halogens is 3. The molecule has 0 amide bonds. The van der Waals surface area contributed by atoms with E-state index < -0.39 is 17.8 Å². The molecule has 0 fully saturated rings. The molecule has 0 aromatic carbocycles. The largest absolute Gasteiger partial charge is 0.465 e. The third-order valence-corrected chi connectivity index (χ3v) is 1.95. The summed E-state index contributed by atoms with van der Waals surface area (Å²) < 4.78 is 41.7. The molecule has 0 aliphatic rings. The minimum atomic E-state index is -4.56. The topological polar surface area (TPSA) is 39.2 Å². The summed E-state index contributed by atoms with van der Waals surface area (Å²) >= 11 is 0. The lowest BCUT2D eigenvalue weighted by Gasteiger charge is -2.09. The van der Waals surface area contributed by atoms with Crippen LogP contribution in [0.25, 0.3) is 0 Å². The summed E-state index contributed by atoms with van der Waals surface area (Å²) in [5, 5.41) is 0. The van der Waals surface area contributed by atoms with E-state index in [0.29, 0.717) is 12.5 Å². The monoisotopic (exact) mass is 233 g/mol. The van der Waals surface area contributed by atoms with Gasteiger partial charge in [-0.3, -0.25) is 0 Å². The van der Waals surface area contributed by atoms with Crippen LogP contribution >= 0.6 is 0 Å². The zero-order valence-electron chi connectivity index (χ0n) is 8.76. The predicted molar refractivity (Wildman–Crippen MR) is 50.0 cm³/mol. The molecule has 0 aliphatic carbocycles. The molecule has 6 heteroatoms. The van der Waals surface area contributed by atoms with E-state index in [9.17, 15) is 18.0 Å². The highest BCUT2D eigenvalue weighted by atomic mass is 19.4. The quantitative estimate of drug-likeness (QED) is 0.736. The van der Waals surface area contributed by atoms with Crippen molar-refractivity contribution >= 4 is 5.97 Å². The SMILES string of the molecule is CCc1cc(C(=O)OC)cc(C(F)(F)F)n1. The number of pyridine rings is 1. The maximum Gasteiger partial charge on any atom is 0.433 e. The first-order valence-corrected chi connectivity index (χ1v) is 4.55. The van der Waals surface area contributed by atoms with Crippen molar-refractivity contribution in [3.63, 3.8) is 0 Å². The van der Waals surface area contributed by atoms with Crippen LogP contribution in [0.15, 0.2) is 12.1 Å². The number of aromatic nitrogens is 1. The zero-order valence-corrected chi connectivity index (χ0v) is 8.76. The average molecular weight is 233 g/mol. The van der Waals surface area contributed by atoms with E-state index in [1.807, 2.05) is 0 Å². The van der Waals surface area contributed by atoms with Crippen LogP contribution in [0, 0.1) is 0 Å². The normalized spacial score (nSPS) is 11.3. The minimum Gasteiger partial charge on any atom is -0.465 e. The van der Waals surface area contributed by atoms with E-state index in [-0.39, 0.29) is 11.3 Å². The van der Waals surface area contributed by atoms with Crippen molar-refractivity contribution in [1.29, 1.82) is 0 Å². The number of carbonyl (C=O) groups excluding carboxylic acids is 1. The molecule has 0 radical (unpaired) electrons. The van der Waals surface area contributed by atoms with Crippen LogP contribution in [0.4, 0.5) is 13.2 Å². The van der Waals surface area contributed by atoms with Gasteiger partial charge in [0.1, 0.15) is 5.69 Å². The minimum absolute atomic E-state index is 0.137. The van der Waals surface area contributed by atoms with Crippen molar-refractivity contribution < 1.29 is 22.7 Å². The van der Waals surface area contributed by atoms with Crippen LogP contribution in [0.5, 0.6) is 0 Å². The number of esters is 1. The number of nitrogens with zero attached hydrogens (tertiary/aromatic N) is 1. The van der Waals surface area contributed by atoms with Gasteiger partial charge in [-0.25, -0.2) is 9.78 Å². The van der Waals surface area contributed by atoms with Crippen LogP contribution in [0.3, 0.4) is 0 Å². The fraction of sp³-hybridized carbons (Fsp3) is 0.400. The summed E-state index contributed by atoms with van der Waals surface area (Å²) in [6.45, 7) is 1.66. The Hall–Kier alpha value is -1.59. The second-order valence-electron chi connectivity index (χ2n) is 3.08. The van der Waals surface area contributed by atoms with Gasteiger partial charge in [0.2, 0.25) is 0 Å². The first-order chi connectivity index (χ1) is 7.38. The molecular weight excluding hydrogens is 223 g/mol. The smallest absolute Gasteiger partial charge is 0.433 e. The lowest BCUT2D eigenvalue weighted by atomic mass is 10.1. The van der Waals surface area contributed by atoms with E-state index in [4.69, 9.17) is 0 Å². The van der Waals surface area contributed by atoms with Gasteiger partial charge >= 0.3 is 12.1 Å². The Morgan fingerprint density at radius 1 is 1.44 bits per heavy atom. The van der Waals surface area contributed by atoms with Crippen molar-refractivity contribution in [2.75, 3.05) is 7.11 Å². The molecule has 0 saturated carbocycles. The number of carbonyl (C=O) groups is 1. The summed E-state index contributed by atoms with van der Waals surface area (Å²) in [6, 6.07) is 1.98. The molecule has 1 rings (SSSR count). The van der Waals surface area contributed by atoms with Crippen molar-refractivity contribution in [2.24, 2.45) is 0 Å². The Morgan fingerprint density at radius 3 is 2.50 bits per heavy atom. The molecular formula is C10H10F3NO2. The van der Waals surface area contributed by atoms with Gasteiger partial charge in [0.05, 0.1) is 12.7 Å². The van der Waals surface area contributed by atoms with Crippen LogP contribution in [-0.2, 0) is 17.3 Å². The van der Waals surface area contributed by atoms with Crippen LogP contribution in [-0.4, -0.2) is 18.1 Å². The Morgan fingerprint density at radius 2 is 2.06 bits per heavy atom. The molecule has 0 saturated heterocycles. The highest BCUT2D eigenvalue weighted by Crippen LogP contribution is 2.28.